The van der Waals surface area contributed by atoms with Gasteiger partial charge in [0.1, 0.15) is 0 Å². The molecule has 17 heavy (non-hydrogen) atoms. The van der Waals surface area contributed by atoms with Crippen LogP contribution in [0.5, 0.6) is 0 Å². The summed E-state index contributed by atoms with van der Waals surface area (Å²) in [5.41, 5.74) is 1.48. The third-order valence-electron chi connectivity index (χ3n) is 2.67. The number of hydrogen-bond donors (Lipinski definition) is 0. The summed E-state index contributed by atoms with van der Waals surface area (Å²) in [5, 5.41) is 0. The lowest BCUT2D eigenvalue weighted by Crippen LogP contribution is -2.13. The van der Waals surface area contributed by atoms with Crippen molar-refractivity contribution in [3.05, 3.63) is 47.5 Å². The lowest BCUT2D eigenvalue weighted by Gasteiger charge is -2.06. The molecule has 0 fully saturated rings. The van der Waals surface area contributed by atoms with Crippen LogP contribution in [0.4, 0.5) is 13.2 Å². The molecule has 1 aliphatic rings. The van der Waals surface area contributed by atoms with Gasteiger partial charge in [0.25, 0.3) is 0 Å². The predicted octanol–water partition coefficient (Wildman–Crippen LogP) is 3.71. The van der Waals surface area contributed by atoms with E-state index in [-0.39, 0.29) is 0 Å². The zero-order chi connectivity index (χ0) is 12.3. The fraction of sp³-hybridized carbons (Fsp3) is 0.385. The highest BCUT2D eigenvalue weighted by Gasteiger charge is 2.47. The number of hydrogen-bond acceptors (Lipinski definition) is 1. The SMILES string of the molecule is FC(F)(F)C1C=C1CCOCc1ccccc1. The Bertz CT molecular complexity index is 395. The molecular weight excluding hydrogens is 229 g/mol. The van der Waals surface area contributed by atoms with Gasteiger partial charge >= 0.3 is 6.18 Å². The number of benzene rings is 1. The Hall–Kier alpha value is -1.29. The highest BCUT2D eigenvalue weighted by molar-refractivity contribution is 5.31. The van der Waals surface area contributed by atoms with E-state index in [9.17, 15) is 13.2 Å². The van der Waals surface area contributed by atoms with E-state index in [0.717, 1.165) is 5.56 Å². The molecule has 1 atom stereocenters. The minimum absolute atomic E-state index is 0.341. The van der Waals surface area contributed by atoms with E-state index < -0.39 is 12.1 Å². The van der Waals surface area contributed by atoms with Crippen molar-refractivity contribution in [2.24, 2.45) is 5.92 Å². The minimum atomic E-state index is -4.10. The molecule has 0 heterocycles. The fourth-order valence-corrected chi connectivity index (χ4v) is 1.66. The lowest BCUT2D eigenvalue weighted by molar-refractivity contribution is -0.142. The fourth-order valence-electron chi connectivity index (χ4n) is 1.66. The maximum absolute atomic E-state index is 12.2. The third-order valence-corrected chi connectivity index (χ3v) is 2.67. The molecule has 0 spiro atoms. The zero-order valence-corrected chi connectivity index (χ0v) is 9.20. The van der Waals surface area contributed by atoms with Crippen LogP contribution in [0.1, 0.15) is 12.0 Å². The van der Waals surface area contributed by atoms with Gasteiger partial charge in [-0.25, -0.2) is 0 Å². The average Bonchev–Trinajstić information content (AvgIpc) is 3.05. The van der Waals surface area contributed by atoms with Crippen LogP contribution >= 0.6 is 0 Å². The Labute approximate surface area is 97.9 Å². The number of alkyl halides is 3. The van der Waals surface area contributed by atoms with Crippen molar-refractivity contribution in [1.29, 1.82) is 0 Å². The van der Waals surface area contributed by atoms with Gasteiger partial charge in [0.2, 0.25) is 0 Å². The van der Waals surface area contributed by atoms with Crippen molar-refractivity contribution in [3.8, 4) is 0 Å². The first-order valence-corrected chi connectivity index (χ1v) is 5.46. The summed E-state index contributed by atoms with van der Waals surface area (Å²) in [6.07, 6.45) is -2.47. The van der Waals surface area contributed by atoms with Crippen LogP contribution in [-0.2, 0) is 11.3 Å². The quantitative estimate of drug-likeness (QED) is 0.565. The molecule has 1 aliphatic carbocycles. The standard InChI is InChI=1S/C13H13F3O/c14-13(15,16)12-8-11(12)6-7-17-9-10-4-2-1-3-5-10/h1-5,8,12H,6-7,9H2. The van der Waals surface area contributed by atoms with Crippen molar-refractivity contribution in [3.63, 3.8) is 0 Å². The molecule has 2 rings (SSSR count). The van der Waals surface area contributed by atoms with Gasteiger partial charge in [-0.3, -0.25) is 0 Å². The largest absolute Gasteiger partial charge is 0.398 e. The molecular formula is C13H13F3O. The molecule has 92 valence electrons. The summed E-state index contributed by atoms with van der Waals surface area (Å²) < 4.78 is 41.8. The van der Waals surface area contributed by atoms with Crippen LogP contribution in [0.3, 0.4) is 0 Å². The van der Waals surface area contributed by atoms with Crippen molar-refractivity contribution in [2.75, 3.05) is 6.61 Å². The second-order valence-electron chi connectivity index (χ2n) is 4.05. The molecule has 0 N–H and O–H groups in total. The Balaban J connectivity index is 1.61. The number of ether oxygens (including phenoxy) is 1. The molecule has 1 aromatic rings. The Morgan fingerprint density at radius 2 is 1.82 bits per heavy atom. The van der Waals surface area contributed by atoms with Crippen LogP contribution in [0.25, 0.3) is 0 Å². The topological polar surface area (TPSA) is 9.23 Å². The van der Waals surface area contributed by atoms with Crippen molar-refractivity contribution >= 4 is 0 Å². The number of rotatable bonds is 5. The molecule has 0 saturated carbocycles. The molecule has 1 unspecified atom stereocenters. The van der Waals surface area contributed by atoms with Crippen molar-refractivity contribution in [1.82, 2.24) is 0 Å². The second-order valence-corrected chi connectivity index (χ2v) is 4.05. The van der Waals surface area contributed by atoms with Crippen molar-refractivity contribution < 1.29 is 17.9 Å². The smallest absolute Gasteiger partial charge is 0.376 e. The van der Waals surface area contributed by atoms with Gasteiger partial charge in [0, 0.05) is 0 Å². The molecule has 1 aromatic carbocycles. The maximum atomic E-state index is 12.2. The molecule has 4 heteroatoms. The summed E-state index contributed by atoms with van der Waals surface area (Å²) in [6, 6.07) is 9.57. The summed E-state index contributed by atoms with van der Waals surface area (Å²) in [6.45, 7) is 0.790. The summed E-state index contributed by atoms with van der Waals surface area (Å²) >= 11 is 0. The zero-order valence-electron chi connectivity index (χ0n) is 9.20. The Morgan fingerprint density at radius 1 is 1.12 bits per heavy atom. The molecule has 0 aromatic heterocycles. The van der Waals surface area contributed by atoms with Gasteiger partial charge in [-0.05, 0) is 12.0 Å². The summed E-state index contributed by atoms with van der Waals surface area (Å²) in [5.74, 6) is -1.29. The molecule has 0 aliphatic heterocycles. The van der Waals surface area contributed by atoms with Crippen LogP contribution in [0, 0.1) is 5.92 Å². The number of halogens is 3. The van der Waals surface area contributed by atoms with Gasteiger partial charge in [0.15, 0.2) is 0 Å². The highest BCUT2D eigenvalue weighted by Crippen LogP contribution is 2.44. The Morgan fingerprint density at radius 3 is 2.41 bits per heavy atom. The number of allylic oxidation sites excluding steroid dienone is 1. The van der Waals surface area contributed by atoms with E-state index in [2.05, 4.69) is 0 Å². The first-order valence-electron chi connectivity index (χ1n) is 5.46. The van der Waals surface area contributed by atoms with Crippen LogP contribution in [-0.4, -0.2) is 12.8 Å². The molecule has 0 amide bonds. The maximum Gasteiger partial charge on any atom is 0.398 e. The molecule has 1 nitrogen and oxygen atoms in total. The summed E-state index contributed by atoms with van der Waals surface area (Å²) in [7, 11) is 0. The summed E-state index contributed by atoms with van der Waals surface area (Å²) in [4.78, 5) is 0. The van der Waals surface area contributed by atoms with Gasteiger partial charge in [0.05, 0.1) is 19.1 Å². The van der Waals surface area contributed by atoms with E-state index in [4.69, 9.17) is 4.74 Å². The predicted molar refractivity (Wildman–Crippen MR) is 58.3 cm³/mol. The van der Waals surface area contributed by atoms with E-state index in [0.29, 0.717) is 25.2 Å². The van der Waals surface area contributed by atoms with E-state index in [1.165, 1.54) is 6.08 Å². The van der Waals surface area contributed by atoms with Gasteiger partial charge in [-0.15, -0.1) is 0 Å². The van der Waals surface area contributed by atoms with Crippen LogP contribution in [0.15, 0.2) is 42.0 Å². The minimum Gasteiger partial charge on any atom is -0.376 e. The van der Waals surface area contributed by atoms with Crippen LogP contribution in [0.2, 0.25) is 0 Å². The molecule has 0 saturated heterocycles. The monoisotopic (exact) mass is 242 g/mol. The van der Waals surface area contributed by atoms with Gasteiger partial charge < -0.3 is 4.74 Å². The van der Waals surface area contributed by atoms with E-state index in [1.807, 2.05) is 30.3 Å². The van der Waals surface area contributed by atoms with E-state index >= 15 is 0 Å². The lowest BCUT2D eigenvalue weighted by atomic mass is 10.2. The first kappa shape index (κ1) is 12.2. The Kier molecular flexibility index (Phi) is 3.52. The molecule has 0 bridgehead atoms. The average molecular weight is 242 g/mol. The van der Waals surface area contributed by atoms with Gasteiger partial charge in [-0.2, -0.15) is 13.2 Å². The highest BCUT2D eigenvalue weighted by atomic mass is 19.4. The first-order chi connectivity index (χ1) is 8.07. The third kappa shape index (κ3) is 3.60. The van der Waals surface area contributed by atoms with Crippen LogP contribution < -0.4 is 0 Å². The van der Waals surface area contributed by atoms with Crippen molar-refractivity contribution in [2.45, 2.75) is 19.2 Å². The van der Waals surface area contributed by atoms with E-state index in [1.54, 1.807) is 0 Å². The molecule has 0 radical (unpaired) electrons. The normalized spacial score (nSPS) is 19.0. The van der Waals surface area contributed by atoms with Gasteiger partial charge in [-0.1, -0.05) is 42.0 Å². The second kappa shape index (κ2) is 4.92.